The van der Waals surface area contributed by atoms with Crippen LogP contribution in [0.25, 0.3) is 11.0 Å². The molecule has 0 bridgehead atoms. The van der Waals surface area contributed by atoms with Crippen LogP contribution in [0.4, 0.5) is 4.39 Å². The van der Waals surface area contributed by atoms with Crippen molar-refractivity contribution < 1.29 is 4.39 Å². The molecule has 0 aliphatic carbocycles. The smallest absolute Gasteiger partial charge is 0.251 e. The van der Waals surface area contributed by atoms with Crippen molar-refractivity contribution in [2.75, 3.05) is 19.6 Å². The van der Waals surface area contributed by atoms with Crippen LogP contribution in [-0.4, -0.2) is 39.1 Å². The van der Waals surface area contributed by atoms with E-state index in [0.29, 0.717) is 23.5 Å². The highest BCUT2D eigenvalue weighted by atomic mass is 79.9. The standard InChI is InChI=1S/C23H26BrFN4O/c1-16-20(24)5-4-19(27-16)3-2-17-8-10-28(11-9-17)12-13-29-22-14-18(25)15-26-21(22)6-7-23(29)30/h4-7,14-15,17H,2-3,8-13H2,1H3. The molecule has 0 N–H and O–H groups in total. The van der Waals surface area contributed by atoms with E-state index in [1.54, 1.807) is 10.6 Å². The van der Waals surface area contributed by atoms with Crippen LogP contribution in [-0.2, 0) is 13.0 Å². The van der Waals surface area contributed by atoms with E-state index >= 15 is 0 Å². The molecule has 1 aliphatic heterocycles. The van der Waals surface area contributed by atoms with Gasteiger partial charge in [0.15, 0.2) is 0 Å². The third-order valence-corrected chi connectivity index (χ3v) is 6.88. The van der Waals surface area contributed by atoms with Gasteiger partial charge in [-0.3, -0.25) is 14.8 Å². The summed E-state index contributed by atoms with van der Waals surface area (Å²) in [6.07, 6.45) is 5.69. The van der Waals surface area contributed by atoms with E-state index in [0.717, 1.165) is 61.2 Å². The summed E-state index contributed by atoms with van der Waals surface area (Å²) < 4.78 is 16.3. The molecule has 158 valence electrons. The molecule has 1 saturated heterocycles. The molecule has 1 fully saturated rings. The number of nitrogens with zero attached hydrogens (tertiary/aromatic N) is 4. The lowest BCUT2D eigenvalue weighted by Gasteiger charge is -2.32. The number of hydrogen-bond donors (Lipinski definition) is 0. The molecule has 0 saturated carbocycles. The molecule has 3 aromatic heterocycles. The fraction of sp³-hybridized carbons (Fsp3) is 0.435. The van der Waals surface area contributed by atoms with Crippen molar-refractivity contribution in [3.63, 3.8) is 0 Å². The normalized spacial score (nSPS) is 15.7. The van der Waals surface area contributed by atoms with Gasteiger partial charge < -0.3 is 9.47 Å². The number of piperidine rings is 1. The van der Waals surface area contributed by atoms with Crippen molar-refractivity contribution in [1.82, 2.24) is 19.4 Å². The number of aryl methyl sites for hydroxylation is 2. The average Bonchev–Trinajstić information content (AvgIpc) is 2.74. The van der Waals surface area contributed by atoms with E-state index in [4.69, 9.17) is 0 Å². The van der Waals surface area contributed by atoms with Crippen molar-refractivity contribution in [1.29, 1.82) is 0 Å². The summed E-state index contributed by atoms with van der Waals surface area (Å²) in [5, 5.41) is 0. The van der Waals surface area contributed by atoms with Crippen molar-refractivity contribution in [3.8, 4) is 0 Å². The zero-order valence-corrected chi connectivity index (χ0v) is 18.7. The Morgan fingerprint density at radius 3 is 2.73 bits per heavy atom. The van der Waals surface area contributed by atoms with Crippen LogP contribution in [0.2, 0.25) is 0 Å². The minimum atomic E-state index is -0.418. The molecule has 3 aromatic rings. The van der Waals surface area contributed by atoms with Gasteiger partial charge in [0.2, 0.25) is 0 Å². The van der Waals surface area contributed by atoms with E-state index in [1.807, 2.05) is 6.92 Å². The Kier molecular flexibility index (Phi) is 6.58. The molecule has 1 aliphatic rings. The first kappa shape index (κ1) is 21.1. The van der Waals surface area contributed by atoms with Gasteiger partial charge >= 0.3 is 0 Å². The summed E-state index contributed by atoms with van der Waals surface area (Å²) in [5.41, 5.74) is 3.30. The van der Waals surface area contributed by atoms with Gasteiger partial charge in [-0.1, -0.05) is 0 Å². The van der Waals surface area contributed by atoms with Gasteiger partial charge in [0, 0.05) is 35.4 Å². The predicted octanol–water partition coefficient (Wildman–Crippen LogP) is 4.35. The molecule has 0 amide bonds. The number of halogens is 2. The number of likely N-dealkylation sites (tertiary alicyclic amines) is 1. The first-order valence-corrected chi connectivity index (χ1v) is 11.3. The average molecular weight is 473 g/mol. The molecular weight excluding hydrogens is 447 g/mol. The zero-order chi connectivity index (χ0) is 21.1. The maximum absolute atomic E-state index is 13.6. The van der Waals surface area contributed by atoms with Gasteiger partial charge in [0.1, 0.15) is 5.82 Å². The van der Waals surface area contributed by atoms with Gasteiger partial charge in [0.25, 0.3) is 5.56 Å². The second-order valence-electron chi connectivity index (χ2n) is 8.07. The number of pyridine rings is 3. The first-order valence-electron chi connectivity index (χ1n) is 10.5. The second-order valence-corrected chi connectivity index (χ2v) is 8.93. The third-order valence-electron chi connectivity index (χ3n) is 6.04. The fourth-order valence-electron chi connectivity index (χ4n) is 4.20. The Balaban J connectivity index is 1.30. The molecule has 4 rings (SSSR count). The largest absolute Gasteiger partial charge is 0.305 e. The maximum Gasteiger partial charge on any atom is 0.251 e. The van der Waals surface area contributed by atoms with E-state index < -0.39 is 5.82 Å². The molecule has 4 heterocycles. The molecule has 0 atom stereocenters. The first-order chi connectivity index (χ1) is 14.5. The highest BCUT2D eigenvalue weighted by Crippen LogP contribution is 2.23. The SMILES string of the molecule is Cc1nc(CCC2CCN(CCn3c(=O)ccc4ncc(F)cc43)CC2)ccc1Br. The summed E-state index contributed by atoms with van der Waals surface area (Å²) in [7, 11) is 0. The quantitative estimate of drug-likeness (QED) is 0.535. The number of aromatic nitrogens is 3. The molecule has 7 heteroatoms. The molecule has 0 radical (unpaired) electrons. The lowest BCUT2D eigenvalue weighted by atomic mass is 9.91. The van der Waals surface area contributed by atoms with E-state index in [2.05, 4.69) is 42.9 Å². The Bertz CT molecular complexity index is 1090. The Labute approximate surface area is 184 Å². The molecular formula is C23H26BrFN4O. The Hall–Kier alpha value is -2.12. The van der Waals surface area contributed by atoms with Crippen LogP contribution in [0.1, 0.15) is 30.7 Å². The highest BCUT2D eigenvalue weighted by molar-refractivity contribution is 9.10. The second kappa shape index (κ2) is 9.35. The minimum absolute atomic E-state index is 0.109. The predicted molar refractivity (Wildman–Crippen MR) is 120 cm³/mol. The van der Waals surface area contributed by atoms with Gasteiger partial charge in [-0.05, 0) is 85.7 Å². The van der Waals surface area contributed by atoms with E-state index in [9.17, 15) is 9.18 Å². The minimum Gasteiger partial charge on any atom is -0.305 e. The monoisotopic (exact) mass is 472 g/mol. The summed E-state index contributed by atoms with van der Waals surface area (Å²) in [6, 6.07) is 8.74. The van der Waals surface area contributed by atoms with Crippen LogP contribution in [0.5, 0.6) is 0 Å². The molecule has 0 unspecified atom stereocenters. The highest BCUT2D eigenvalue weighted by Gasteiger charge is 2.19. The lowest BCUT2D eigenvalue weighted by molar-refractivity contribution is 0.174. The van der Waals surface area contributed by atoms with Crippen LogP contribution in [0, 0.1) is 18.7 Å². The van der Waals surface area contributed by atoms with Crippen molar-refractivity contribution >= 4 is 27.0 Å². The van der Waals surface area contributed by atoms with Crippen molar-refractivity contribution in [2.45, 2.75) is 39.2 Å². The molecule has 5 nitrogen and oxygen atoms in total. The van der Waals surface area contributed by atoms with Gasteiger partial charge in [-0.15, -0.1) is 0 Å². The summed E-state index contributed by atoms with van der Waals surface area (Å²) >= 11 is 3.51. The van der Waals surface area contributed by atoms with Crippen LogP contribution < -0.4 is 5.56 Å². The van der Waals surface area contributed by atoms with Gasteiger partial charge in [-0.2, -0.15) is 0 Å². The van der Waals surface area contributed by atoms with Crippen LogP contribution >= 0.6 is 15.9 Å². The van der Waals surface area contributed by atoms with Gasteiger partial charge in [0.05, 0.1) is 22.9 Å². The molecule has 30 heavy (non-hydrogen) atoms. The summed E-state index contributed by atoms with van der Waals surface area (Å²) in [4.78, 5) is 23.5. The Morgan fingerprint density at radius 2 is 1.97 bits per heavy atom. The Morgan fingerprint density at radius 1 is 1.17 bits per heavy atom. The maximum atomic E-state index is 13.6. The topological polar surface area (TPSA) is 51.0 Å². The third kappa shape index (κ3) is 4.95. The number of hydrogen-bond acceptors (Lipinski definition) is 4. The van der Waals surface area contributed by atoms with Crippen molar-refractivity contribution in [2.24, 2.45) is 5.92 Å². The molecule has 0 spiro atoms. The summed E-state index contributed by atoms with van der Waals surface area (Å²) in [5.74, 6) is 0.295. The number of rotatable bonds is 6. The van der Waals surface area contributed by atoms with E-state index in [1.165, 1.54) is 18.3 Å². The van der Waals surface area contributed by atoms with Crippen LogP contribution in [0.15, 0.2) is 45.8 Å². The fourth-order valence-corrected chi connectivity index (χ4v) is 4.42. The van der Waals surface area contributed by atoms with Gasteiger partial charge in [-0.25, -0.2) is 4.39 Å². The van der Waals surface area contributed by atoms with Crippen LogP contribution in [0.3, 0.4) is 0 Å². The lowest BCUT2D eigenvalue weighted by Crippen LogP contribution is -2.37. The van der Waals surface area contributed by atoms with Crippen molar-refractivity contribution in [3.05, 3.63) is 68.6 Å². The number of fused-ring (bicyclic) bond motifs is 1. The van der Waals surface area contributed by atoms with E-state index in [-0.39, 0.29) is 5.56 Å². The zero-order valence-electron chi connectivity index (χ0n) is 17.2. The molecule has 0 aromatic carbocycles. The summed E-state index contributed by atoms with van der Waals surface area (Å²) in [6.45, 7) is 5.43.